The molecule has 0 fully saturated rings. The van der Waals surface area contributed by atoms with E-state index in [1.165, 1.54) is 93.2 Å². The third-order valence-corrected chi connectivity index (χ3v) is 23.6. The first-order valence-electron chi connectivity index (χ1n) is 39.0. The Morgan fingerprint density at radius 2 is 0.491 bits per heavy atom. The van der Waals surface area contributed by atoms with Crippen LogP contribution in [0.4, 0.5) is 0 Å². The van der Waals surface area contributed by atoms with Gasteiger partial charge in [0.2, 0.25) is 0 Å². The second-order valence-electron chi connectivity index (χ2n) is 29.6. The molecule has 0 aliphatic rings. The van der Waals surface area contributed by atoms with Crippen LogP contribution in [-0.2, 0) is 0 Å². The third-order valence-electron chi connectivity index (χ3n) is 23.1. The average molecular weight is 1550 g/mol. The second-order valence-corrected chi connectivity index (χ2v) is 30.5. The maximum Gasteiger partial charge on any atom is 0.569 e. The number of halogens is 1. The fourth-order valence-electron chi connectivity index (χ4n) is 17.9. The van der Waals surface area contributed by atoms with Crippen LogP contribution in [0.15, 0.2) is 410 Å². The third kappa shape index (κ3) is 11.6. The van der Waals surface area contributed by atoms with E-state index < -0.39 is 0 Å². The standard InChI is InChI=1S/C54H32O2.C30H20BO2.C24H13BrO2/c1-2-18-39-33(12-1)13-11-24-40(39)36-15-10-17-38(31-36)52-44-22-5-3-20-42(44)51(43-21-4-6-23-45(43)52)37-16-9-14-34(30-37)35-26-29-50-48(32-35)47-28-27-46-41-19-7-8-25-49(41)55-53(46)54(47)56-50;32-31-33-30-27-16-5-3-14-25(27)29(26-15-4-6-17-28(26)30)22-12-7-11-21(19-22)24-18-8-10-20-9-1-2-13-23(20)24;25-16-5-3-4-14(12-16)15-8-11-22-20(13-15)19-10-9-18-17-6-1-2-7-21(17)26-23(18)24(19)27-22/h1-32H;1-19,32H;1-13H. The SMILES string of the molecule is Brc1cccc(-c2ccc3oc4c(ccc5c6ccccc6oc54)c3c2)c1.O[B]Oc1c2ccccc2c(-c2cccc(-c3cccc4ccccc34)c2)c2ccccc12.c1cc(-c2ccc3oc4c(ccc5c6ccccc6oc54)c3c2)cc(-c2c3ccccc3c(-c3cccc(-c4cccc5ccccc45)c3)c3ccccc23)c1. The fraction of sp³-hybridized carbons (Fsp3) is 0. The summed E-state index contributed by atoms with van der Waals surface area (Å²) >= 11 is 3.55. The molecule has 24 aromatic rings. The Morgan fingerprint density at radius 1 is 0.207 bits per heavy atom. The fourth-order valence-corrected chi connectivity index (χ4v) is 18.3. The predicted molar refractivity (Wildman–Crippen MR) is 488 cm³/mol. The van der Waals surface area contributed by atoms with E-state index in [4.69, 9.17) is 22.3 Å². The maximum absolute atomic E-state index is 9.43. The highest BCUT2D eigenvalue weighted by Crippen LogP contribution is 2.49. The van der Waals surface area contributed by atoms with Crippen LogP contribution in [0.5, 0.6) is 5.75 Å². The summed E-state index contributed by atoms with van der Waals surface area (Å²) in [4.78, 5) is 0. The number of fused-ring (bicyclic) bond motifs is 20. The molecule has 0 saturated carbocycles. The molecule has 0 aliphatic carbocycles. The summed E-state index contributed by atoms with van der Waals surface area (Å²) in [5.74, 6) is 0.664. The van der Waals surface area contributed by atoms with Crippen LogP contribution in [0.2, 0.25) is 0 Å². The highest BCUT2D eigenvalue weighted by atomic mass is 79.9. The minimum atomic E-state index is 0.664. The van der Waals surface area contributed by atoms with Gasteiger partial charge in [-0.1, -0.05) is 313 Å². The summed E-state index contributed by atoms with van der Waals surface area (Å²) in [7, 11) is 0.759. The molecule has 8 heteroatoms. The van der Waals surface area contributed by atoms with Crippen LogP contribution in [-0.4, -0.2) is 12.7 Å². The van der Waals surface area contributed by atoms with Gasteiger partial charge in [-0.15, -0.1) is 0 Å². The molecule has 0 spiro atoms. The van der Waals surface area contributed by atoms with Gasteiger partial charge < -0.3 is 27.3 Å². The van der Waals surface area contributed by atoms with E-state index in [1.54, 1.807) is 0 Å². The van der Waals surface area contributed by atoms with E-state index in [-0.39, 0.29) is 0 Å². The van der Waals surface area contributed by atoms with Gasteiger partial charge in [0.1, 0.15) is 28.1 Å². The zero-order chi connectivity index (χ0) is 76.9. The summed E-state index contributed by atoms with van der Waals surface area (Å²) in [6.07, 6.45) is 0. The maximum atomic E-state index is 9.43. The Hall–Kier alpha value is -14.5. The van der Waals surface area contributed by atoms with E-state index in [0.29, 0.717) is 5.75 Å². The number of benzene rings is 20. The van der Waals surface area contributed by atoms with Crippen molar-refractivity contribution in [1.29, 1.82) is 0 Å². The largest absolute Gasteiger partial charge is 0.569 e. The number of hydrogen-bond acceptors (Lipinski definition) is 6. The highest BCUT2D eigenvalue weighted by Gasteiger charge is 2.23. The topological polar surface area (TPSA) is 82.0 Å². The zero-order valence-corrected chi connectivity index (χ0v) is 64.0. The van der Waals surface area contributed by atoms with E-state index in [0.717, 1.165) is 149 Å². The summed E-state index contributed by atoms with van der Waals surface area (Å²) in [5, 5.41) is 32.2. The Balaban J connectivity index is 0.000000115. The lowest BCUT2D eigenvalue weighted by atomic mass is 9.85. The normalized spacial score (nSPS) is 11.7. The van der Waals surface area contributed by atoms with Crippen molar-refractivity contribution in [2.24, 2.45) is 0 Å². The minimum absolute atomic E-state index is 0.664. The van der Waals surface area contributed by atoms with Crippen molar-refractivity contribution in [1.82, 2.24) is 0 Å². The minimum Gasteiger partial charge on any atom is -0.537 e. The monoisotopic (exact) mass is 1550 g/mol. The van der Waals surface area contributed by atoms with Gasteiger partial charge in [-0.25, -0.2) is 0 Å². The molecule has 1 radical (unpaired) electrons. The lowest BCUT2D eigenvalue weighted by Crippen LogP contribution is -2.02. The summed E-state index contributed by atoms with van der Waals surface area (Å²) in [6.45, 7) is 0. The molecule has 20 aromatic carbocycles. The summed E-state index contributed by atoms with van der Waals surface area (Å²) in [6, 6.07) is 137. The van der Waals surface area contributed by atoms with Crippen LogP contribution in [0.3, 0.4) is 0 Å². The Labute approximate surface area is 675 Å². The van der Waals surface area contributed by atoms with Crippen LogP contribution in [0, 0.1) is 0 Å². The Bertz CT molecular complexity index is 7970. The first-order valence-corrected chi connectivity index (χ1v) is 39.8. The van der Waals surface area contributed by atoms with Gasteiger partial charge in [-0.05, 0) is 223 Å². The molecule has 1 N–H and O–H groups in total. The van der Waals surface area contributed by atoms with Crippen LogP contribution >= 0.6 is 15.9 Å². The summed E-state index contributed by atoms with van der Waals surface area (Å²) < 4.78 is 31.8. The molecule has 0 bridgehead atoms. The van der Waals surface area contributed by atoms with E-state index in [1.807, 2.05) is 84.9 Å². The van der Waals surface area contributed by atoms with Gasteiger partial charge in [-0.3, -0.25) is 0 Å². The van der Waals surface area contributed by atoms with Crippen LogP contribution in [0.1, 0.15) is 0 Å². The van der Waals surface area contributed by atoms with Crippen molar-refractivity contribution < 1.29 is 27.3 Å². The smallest absolute Gasteiger partial charge is 0.537 e. The van der Waals surface area contributed by atoms with Crippen molar-refractivity contribution in [3.63, 3.8) is 0 Å². The van der Waals surface area contributed by atoms with Crippen LogP contribution in [0.25, 0.3) is 230 Å². The van der Waals surface area contributed by atoms with Gasteiger partial charge in [0.15, 0.2) is 22.3 Å². The van der Waals surface area contributed by atoms with Crippen molar-refractivity contribution in [2.45, 2.75) is 0 Å². The molecule has 6 nitrogen and oxygen atoms in total. The van der Waals surface area contributed by atoms with E-state index in [2.05, 4.69) is 319 Å². The van der Waals surface area contributed by atoms with Gasteiger partial charge >= 0.3 is 7.69 Å². The first kappa shape index (κ1) is 68.3. The molecular formula is C108H65BBrO6. The molecule has 116 heavy (non-hydrogen) atoms. The summed E-state index contributed by atoms with van der Waals surface area (Å²) in [5.41, 5.74) is 23.4. The number of rotatable bonds is 9. The zero-order valence-electron chi connectivity index (χ0n) is 62.4. The van der Waals surface area contributed by atoms with Gasteiger partial charge in [0, 0.05) is 58.3 Å². The lowest BCUT2D eigenvalue weighted by Gasteiger charge is -2.19. The van der Waals surface area contributed by atoms with Gasteiger partial charge in [-0.2, -0.15) is 0 Å². The van der Waals surface area contributed by atoms with Crippen molar-refractivity contribution >= 4 is 176 Å². The number of furan rings is 4. The first-order chi connectivity index (χ1) is 57.4. The molecule has 4 heterocycles. The van der Waals surface area contributed by atoms with Crippen molar-refractivity contribution in [3.8, 4) is 83.6 Å². The molecule has 0 aliphatic heterocycles. The molecular weight excluding hydrogens is 1480 g/mol. The average Bonchev–Trinajstić information content (AvgIpc) is 0.873. The van der Waals surface area contributed by atoms with Crippen molar-refractivity contribution in [3.05, 3.63) is 393 Å². The number of para-hydroxylation sites is 2. The molecule has 0 saturated heterocycles. The van der Waals surface area contributed by atoms with Gasteiger partial charge in [0.25, 0.3) is 0 Å². The predicted octanol–water partition coefficient (Wildman–Crippen LogP) is 30.9. The van der Waals surface area contributed by atoms with Crippen LogP contribution < -0.4 is 4.65 Å². The number of hydrogen-bond donors (Lipinski definition) is 1. The van der Waals surface area contributed by atoms with E-state index in [9.17, 15) is 5.02 Å². The molecule has 24 rings (SSSR count). The molecule has 0 atom stereocenters. The molecule has 0 amide bonds. The molecule has 4 aromatic heterocycles. The second kappa shape index (κ2) is 28.3. The Morgan fingerprint density at radius 3 is 0.897 bits per heavy atom. The lowest BCUT2D eigenvalue weighted by molar-refractivity contribution is 0.459. The highest BCUT2D eigenvalue weighted by molar-refractivity contribution is 9.10. The molecule has 543 valence electrons. The van der Waals surface area contributed by atoms with E-state index >= 15 is 0 Å². The Kier molecular flexibility index (Phi) is 16.6. The quantitative estimate of drug-likeness (QED) is 0.115. The molecule has 0 unspecified atom stereocenters. The van der Waals surface area contributed by atoms with Gasteiger partial charge in [0.05, 0.1) is 0 Å². The van der Waals surface area contributed by atoms with Crippen molar-refractivity contribution in [2.75, 3.05) is 0 Å².